The van der Waals surface area contributed by atoms with Gasteiger partial charge >= 0.3 is 12.1 Å². The molecule has 0 radical (unpaired) electrons. The van der Waals surface area contributed by atoms with E-state index < -0.39 is 46.4 Å². The van der Waals surface area contributed by atoms with E-state index in [9.17, 15) is 33.3 Å². The number of hydrogen-bond donors (Lipinski definition) is 5. The molecule has 1 heterocycles. The van der Waals surface area contributed by atoms with Crippen LogP contribution in [-0.2, 0) is 9.53 Å². The fraction of sp³-hybridized carbons (Fsp3) is 0.429. The van der Waals surface area contributed by atoms with Crippen molar-refractivity contribution >= 4 is 23.3 Å². The van der Waals surface area contributed by atoms with Crippen LogP contribution in [0.4, 0.5) is 13.2 Å². The SMILES string of the molecule is CCOC(=O)[C@@H]1[C@@H](c2ccc(O)c(O)c2)NC(=S)N[C@@]1(O)C(F)(F)F. The van der Waals surface area contributed by atoms with E-state index in [1.54, 1.807) is 5.32 Å². The largest absolute Gasteiger partial charge is 0.504 e. The second-order valence-corrected chi connectivity index (χ2v) is 5.73. The molecule has 5 N–H and O–H groups in total. The molecule has 1 aliphatic rings. The molecule has 0 aliphatic carbocycles. The number of aliphatic hydroxyl groups is 1. The Morgan fingerprint density at radius 3 is 2.52 bits per heavy atom. The van der Waals surface area contributed by atoms with Gasteiger partial charge in [0.2, 0.25) is 0 Å². The molecule has 2 rings (SSSR count). The Labute approximate surface area is 145 Å². The van der Waals surface area contributed by atoms with Crippen LogP contribution in [0.15, 0.2) is 18.2 Å². The Morgan fingerprint density at radius 2 is 2.00 bits per heavy atom. The number of phenols is 2. The predicted molar refractivity (Wildman–Crippen MR) is 82.5 cm³/mol. The number of benzene rings is 1. The minimum atomic E-state index is -5.26. The summed E-state index contributed by atoms with van der Waals surface area (Å²) in [5, 5.41) is 32.8. The summed E-state index contributed by atoms with van der Waals surface area (Å²) in [6, 6.07) is 1.71. The van der Waals surface area contributed by atoms with Crippen LogP contribution in [-0.4, -0.2) is 44.9 Å². The highest BCUT2D eigenvalue weighted by Crippen LogP contribution is 2.44. The standard InChI is InChI=1S/C14H15F3N2O5S/c1-2-24-11(22)9-10(6-3-4-7(20)8(21)5-6)18-12(25)19-13(9,23)14(15,16)17/h3-5,9-10,20-21,23H,2H2,1H3,(H2,18,19,25)/t9-,10+,13-/m0/s1. The number of alkyl halides is 3. The van der Waals surface area contributed by atoms with Crippen molar-refractivity contribution in [1.82, 2.24) is 10.6 Å². The minimum absolute atomic E-state index is 0.0140. The van der Waals surface area contributed by atoms with Gasteiger partial charge < -0.3 is 30.7 Å². The Kier molecular flexibility index (Phi) is 5.00. The lowest BCUT2D eigenvalue weighted by Gasteiger charge is -2.45. The van der Waals surface area contributed by atoms with Gasteiger partial charge in [-0.1, -0.05) is 6.07 Å². The van der Waals surface area contributed by atoms with Crippen molar-refractivity contribution in [3.63, 3.8) is 0 Å². The number of phenolic OH excluding ortho intramolecular Hbond substituents is 2. The fourth-order valence-electron chi connectivity index (χ4n) is 2.55. The van der Waals surface area contributed by atoms with Gasteiger partial charge in [0.05, 0.1) is 12.6 Å². The summed E-state index contributed by atoms with van der Waals surface area (Å²) in [5.74, 6) is -4.59. The first-order valence-electron chi connectivity index (χ1n) is 7.07. The van der Waals surface area contributed by atoms with Crippen molar-refractivity contribution in [1.29, 1.82) is 0 Å². The summed E-state index contributed by atoms with van der Waals surface area (Å²) >= 11 is 4.72. The van der Waals surface area contributed by atoms with E-state index in [0.717, 1.165) is 12.1 Å². The quantitative estimate of drug-likeness (QED) is 0.301. The number of hydrogen-bond acceptors (Lipinski definition) is 6. The van der Waals surface area contributed by atoms with E-state index in [1.807, 2.05) is 0 Å². The normalized spacial score (nSPS) is 26.5. The number of aromatic hydroxyl groups is 2. The maximum Gasteiger partial charge on any atom is 0.437 e. The molecule has 1 saturated heterocycles. The number of ether oxygens (including phenoxy) is 1. The Morgan fingerprint density at radius 1 is 1.36 bits per heavy atom. The third-order valence-corrected chi connectivity index (χ3v) is 3.93. The maximum atomic E-state index is 13.5. The first-order chi connectivity index (χ1) is 11.5. The van der Waals surface area contributed by atoms with E-state index >= 15 is 0 Å². The summed E-state index contributed by atoms with van der Waals surface area (Å²) < 4.78 is 45.1. The second-order valence-electron chi connectivity index (χ2n) is 5.32. The van der Waals surface area contributed by atoms with Crippen molar-refractivity contribution in [2.75, 3.05) is 6.61 Å². The lowest BCUT2D eigenvalue weighted by Crippen LogP contribution is -2.73. The van der Waals surface area contributed by atoms with Gasteiger partial charge in [0, 0.05) is 0 Å². The molecule has 1 aliphatic heterocycles. The Bertz CT molecular complexity index is 700. The van der Waals surface area contributed by atoms with Crippen LogP contribution < -0.4 is 10.6 Å². The Hall–Kier alpha value is -2.27. The number of halogens is 3. The van der Waals surface area contributed by atoms with Gasteiger partial charge in [-0.25, -0.2) is 0 Å². The first-order valence-corrected chi connectivity index (χ1v) is 7.48. The van der Waals surface area contributed by atoms with Gasteiger partial charge in [-0.05, 0) is 36.8 Å². The van der Waals surface area contributed by atoms with Crippen LogP contribution in [0.3, 0.4) is 0 Å². The van der Waals surface area contributed by atoms with Crippen LogP contribution >= 0.6 is 12.2 Å². The molecule has 1 fully saturated rings. The molecule has 0 amide bonds. The highest BCUT2D eigenvalue weighted by atomic mass is 32.1. The van der Waals surface area contributed by atoms with E-state index in [2.05, 4.69) is 10.1 Å². The van der Waals surface area contributed by atoms with Crippen molar-refractivity contribution in [3.8, 4) is 11.5 Å². The van der Waals surface area contributed by atoms with E-state index in [4.69, 9.17) is 12.2 Å². The van der Waals surface area contributed by atoms with Crippen LogP contribution in [0, 0.1) is 5.92 Å². The van der Waals surface area contributed by atoms with Gasteiger partial charge in [-0.15, -0.1) is 0 Å². The molecule has 1 aromatic rings. The van der Waals surface area contributed by atoms with E-state index in [0.29, 0.717) is 0 Å². The average molecular weight is 380 g/mol. The van der Waals surface area contributed by atoms with Gasteiger partial charge in [-0.2, -0.15) is 13.2 Å². The van der Waals surface area contributed by atoms with E-state index in [-0.39, 0.29) is 12.2 Å². The molecule has 1 aromatic carbocycles. The smallest absolute Gasteiger partial charge is 0.437 e. The molecule has 0 unspecified atom stereocenters. The van der Waals surface area contributed by atoms with Crippen molar-refractivity contribution < 1.29 is 38.0 Å². The van der Waals surface area contributed by atoms with Crippen molar-refractivity contribution in [3.05, 3.63) is 23.8 Å². The molecule has 138 valence electrons. The molecular weight excluding hydrogens is 365 g/mol. The van der Waals surface area contributed by atoms with E-state index in [1.165, 1.54) is 13.0 Å². The maximum absolute atomic E-state index is 13.5. The van der Waals surface area contributed by atoms with Gasteiger partial charge in [-0.3, -0.25) is 4.79 Å². The minimum Gasteiger partial charge on any atom is -0.504 e. The second kappa shape index (κ2) is 6.56. The average Bonchev–Trinajstić information content (AvgIpc) is 2.48. The molecule has 25 heavy (non-hydrogen) atoms. The van der Waals surface area contributed by atoms with Crippen LogP contribution in [0.25, 0.3) is 0 Å². The molecule has 0 bridgehead atoms. The molecule has 3 atom stereocenters. The summed E-state index contributed by atoms with van der Waals surface area (Å²) in [5.41, 5.74) is -3.69. The number of esters is 1. The molecule has 11 heteroatoms. The molecule has 0 aromatic heterocycles. The molecule has 7 nitrogen and oxygen atoms in total. The number of thiocarbonyl (C=S) groups is 1. The van der Waals surface area contributed by atoms with Gasteiger partial charge in [0.1, 0.15) is 5.92 Å². The third-order valence-electron chi connectivity index (χ3n) is 3.71. The highest BCUT2D eigenvalue weighted by Gasteiger charge is 2.66. The van der Waals surface area contributed by atoms with Crippen LogP contribution in [0.5, 0.6) is 11.5 Å². The summed E-state index contributed by atoms with van der Waals surface area (Å²) in [6.45, 7) is 1.20. The topological polar surface area (TPSA) is 111 Å². The van der Waals surface area contributed by atoms with Crippen molar-refractivity contribution in [2.24, 2.45) is 5.92 Å². The lowest BCUT2D eigenvalue weighted by molar-refractivity contribution is -0.292. The third kappa shape index (κ3) is 3.42. The van der Waals surface area contributed by atoms with Crippen LogP contribution in [0.1, 0.15) is 18.5 Å². The van der Waals surface area contributed by atoms with Gasteiger partial charge in [0.25, 0.3) is 5.72 Å². The number of nitrogens with one attached hydrogen (secondary N) is 2. The zero-order valence-electron chi connectivity index (χ0n) is 12.8. The Balaban J connectivity index is 2.59. The number of rotatable bonds is 3. The zero-order valence-corrected chi connectivity index (χ0v) is 13.6. The molecule has 0 saturated carbocycles. The molecular formula is C14H15F3N2O5S. The van der Waals surface area contributed by atoms with Gasteiger partial charge in [0.15, 0.2) is 16.6 Å². The van der Waals surface area contributed by atoms with Crippen molar-refractivity contribution in [2.45, 2.75) is 24.9 Å². The summed E-state index contributed by atoms with van der Waals surface area (Å²) in [7, 11) is 0. The first kappa shape index (κ1) is 19.1. The highest BCUT2D eigenvalue weighted by molar-refractivity contribution is 7.80. The number of carbonyl (C=O) groups excluding carboxylic acids is 1. The molecule has 0 spiro atoms. The fourth-order valence-corrected chi connectivity index (χ4v) is 2.83. The van der Waals surface area contributed by atoms with Crippen LogP contribution in [0.2, 0.25) is 0 Å². The summed E-state index contributed by atoms with van der Waals surface area (Å²) in [4.78, 5) is 12.2. The zero-order chi connectivity index (χ0) is 19.0. The lowest BCUT2D eigenvalue weighted by atomic mass is 9.82. The number of carbonyl (C=O) groups is 1. The monoisotopic (exact) mass is 380 g/mol. The predicted octanol–water partition coefficient (Wildman–Crippen LogP) is 1.05. The summed E-state index contributed by atoms with van der Waals surface area (Å²) in [6.07, 6.45) is -5.26.